The normalized spacial score (nSPS) is 24.6. The minimum atomic E-state index is -1.62. The predicted octanol–water partition coefficient (Wildman–Crippen LogP) is 3.21. The van der Waals surface area contributed by atoms with E-state index in [0.29, 0.717) is 5.92 Å². The molecule has 0 unspecified atom stereocenters. The highest BCUT2D eigenvalue weighted by Gasteiger charge is 2.44. The van der Waals surface area contributed by atoms with Crippen molar-refractivity contribution in [2.75, 3.05) is 13.7 Å². The van der Waals surface area contributed by atoms with Crippen LogP contribution < -0.4 is 0 Å². The van der Waals surface area contributed by atoms with E-state index in [1.54, 1.807) is 0 Å². The van der Waals surface area contributed by atoms with Crippen LogP contribution in [0.15, 0.2) is 0 Å². The second kappa shape index (κ2) is 5.10. The third kappa shape index (κ3) is 3.81. The summed E-state index contributed by atoms with van der Waals surface area (Å²) < 4.78 is 10.8. The maximum absolute atomic E-state index is 11.2. The summed E-state index contributed by atoms with van der Waals surface area (Å²) in [6.45, 7) is 12.0. The van der Waals surface area contributed by atoms with E-state index in [0.717, 1.165) is 19.4 Å². The fraction of sp³-hybridized carbons (Fsp3) is 0.923. The Balaban J connectivity index is 2.24. The van der Waals surface area contributed by atoms with Crippen molar-refractivity contribution in [1.29, 1.82) is 0 Å². The smallest absolute Gasteiger partial charge is 0.308 e. The summed E-state index contributed by atoms with van der Waals surface area (Å²) >= 11 is 0. The van der Waals surface area contributed by atoms with E-state index in [-0.39, 0.29) is 16.9 Å². The highest BCUT2D eigenvalue weighted by molar-refractivity contribution is 6.74. The van der Waals surface area contributed by atoms with Gasteiger partial charge in [-0.15, -0.1) is 0 Å². The first-order chi connectivity index (χ1) is 7.69. The molecule has 0 bridgehead atoms. The maximum atomic E-state index is 11.2. The Kier molecular flexibility index (Phi) is 4.41. The van der Waals surface area contributed by atoms with Gasteiger partial charge in [-0.05, 0) is 36.9 Å². The van der Waals surface area contributed by atoms with Crippen LogP contribution in [0.25, 0.3) is 0 Å². The second-order valence-corrected chi connectivity index (χ2v) is 11.3. The molecular weight excluding hydrogens is 232 g/mol. The van der Waals surface area contributed by atoms with Crippen molar-refractivity contribution in [2.45, 2.75) is 51.7 Å². The number of esters is 1. The van der Waals surface area contributed by atoms with Crippen molar-refractivity contribution in [2.24, 2.45) is 11.8 Å². The van der Waals surface area contributed by atoms with E-state index in [4.69, 9.17) is 9.16 Å². The lowest BCUT2D eigenvalue weighted by Crippen LogP contribution is -2.41. The van der Waals surface area contributed by atoms with Gasteiger partial charge in [0.15, 0.2) is 8.32 Å². The molecule has 1 rings (SSSR count). The lowest BCUT2D eigenvalue weighted by atomic mass is 10.2. The van der Waals surface area contributed by atoms with Gasteiger partial charge in [-0.1, -0.05) is 20.8 Å². The number of rotatable bonds is 5. The minimum absolute atomic E-state index is 0.0534. The summed E-state index contributed by atoms with van der Waals surface area (Å²) in [5.74, 6) is 0.581. The first-order valence-electron chi connectivity index (χ1n) is 6.41. The number of ether oxygens (including phenoxy) is 1. The zero-order valence-corrected chi connectivity index (χ0v) is 13.0. The van der Waals surface area contributed by atoms with Gasteiger partial charge in [-0.3, -0.25) is 4.79 Å². The summed E-state index contributed by atoms with van der Waals surface area (Å²) in [4.78, 5) is 11.2. The molecule has 1 aliphatic carbocycles. The molecule has 0 saturated heterocycles. The Labute approximate surface area is 106 Å². The molecule has 17 heavy (non-hydrogen) atoms. The molecular formula is C13H26O3Si. The van der Waals surface area contributed by atoms with Gasteiger partial charge in [0.2, 0.25) is 0 Å². The molecule has 0 aromatic heterocycles. The molecule has 2 atom stereocenters. The second-order valence-electron chi connectivity index (χ2n) is 6.52. The van der Waals surface area contributed by atoms with Gasteiger partial charge >= 0.3 is 5.97 Å². The quantitative estimate of drug-likeness (QED) is 0.561. The van der Waals surface area contributed by atoms with Crippen molar-refractivity contribution in [1.82, 2.24) is 0 Å². The molecule has 0 aromatic rings. The van der Waals surface area contributed by atoms with Crippen molar-refractivity contribution in [3.05, 3.63) is 0 Å². The van der Waals surface area contributed by atoms with Gasteiger partial charge in [-0.25, -0.2) is 0 Å². The molecule has 1 fully saturated rings. The Morgan fingerprint density at radius 3 is 2.41 bits per heavy atom. The van der Waals surface area contributed by atoms with Crippen molar-refractivity contribution >= 4 is 14.3 Å². The van der Waals surface area contributed by atoms with Gasteiger partial charge in [-0.2, -0.15) is 0 Å². The Bertz CT molecular complexity index is 281. The van der Waals surface area contributed by atoms with E-state index >= 15 is 0 Å². The molecule has 100 valence electrons. The molecule has 0 aliphatic heterocycles. The Morgan fingerprint density at radius 1 is 1.35 bits per heavy atom. The summed E-state index contributed by atoms with van der Waals surface area (Å²) in [5, 5.41) is 0.262. The highest BCUT2D eigenvalue weighted by atomic mass is 28.4. The molecule has 0 radical (unpaired) electrons. The fourth-order valence-electron chi connectivity index (χ4n) is 1.69. The summed E-state index contributed by atoms with van der Waals surface area (Å²) in [6, 6.07) is 0. The average Bonchev–Trinajstić information content (AvgIpc) is 2.94. The average molecular weight is 258 g/mol. The monoisotopic (exact) mass is 258 g/mol. The summed E-state index contributed by atoms with van der Waals surface area (Å²) in [7, 11) is -0.156. The summed E-state index contributed by atoms with van der Waals surface area (Å²) in [6.07, 6.45) is 1.97. The van der Waals surface area contributed by atoms with Crippen LogP contribution in [0.2, 0.25) is 18.1 Å². The predicted molar refractivity (Wildman–Crippen MR) is 71.4 cm³/mol. The number of hydrogen-bond acceptors (Lipinski definition) is 3. The third-order valence-corrected chi connectivity index (χ3v) is 8.72. The van der Waals surface area contributed by atoms with Crippen LogP contribution in [0.5, 0.6) is 0 Å². The Morgan fingerprint density at radius 2 is 1.94 bits per heavy atom. The van der Waals surface area contributed by atoms with Crippen LogP contribution in [-0.4, -0.2) is 28.0 Å². The number of methoxy groups -OCH3 is 1. The van der Waals surface area contributed by atoms with E-state index < -0.39 is 8.32 Å². The summed E-state index contributed by atoms with van der Waals surface area (Å²) in [5.41, 5.74) is 0. The highest BCUT2D eigenvalue weighted by Crippen LogP contribution is 2.43. The molecule has 1 aliphatic rings. The van der Waals surface area contributed by atoms with Crippen molar-refractivity contribution in [3.63, 3.8) is 0 Å². The first kappa shape index (κ1) is 14.7. The van der Waals surface area contributed by atoms with Crippen LogP contribution in [0.3, 0.4) is 0 Å². The van der Waals surface area contributed by atoms with E-state index in [9.17, 15) is 4.79 Å². The van der Waals surface area contributed by atoms with E-state index in [2.05, 4.69) is 33.9 Å². The molecule has 3 nitrogen and oxygen atoms in total. The molecule has 1 saturated carbocycles. The number of carbonyl (C=O) groups is 1. The van der Waals surface area contributed by atoms with Gasteiger partial charge in [0.1, 0.15) is 0 Å². The zero-order chi connectivity index (χ0) is 13.3. The van der Waals surface area contributed by atoms with Crippen LogP contribution in [0.4, 0.5) is 0 Å². The molecule has 0 N–H and O–H groups in total. The van der Waals surface area contributed by atoms with E-state index in [1.165, 1.54) is 7.11 Å². The van der Waals surface area contributed by atoms with Gasteiger partial charge < -0.3 is 9.16 Å². The minimum Gasteiger partial charge on any atom is -0.469 e. The lowest BCUT2D eigenvalue weighted by Gasteiger charge is -2.36. The third-order valence-electron chi connectivity index (χ3n) is 4.18. The van der Waals surface area contributed by atoms with Crippen molar-refractivity contribution in [3.8, 4) is 0 Å². The lowest BCUT2D eigenvalue weighted by molar-refractivity contribution is -0.142. The first-order valence-corrected chi connectivity index (χ1v) is 9.31. The topological polar surface area (TPSA) is 35.5 Å². The van der Waals surface area contributed by atoms with Crippen molar-refractivity contribution < 1.29 is 14.0 Å². The van der Waals surface area contributed by atoms with Crippen LogP contribution in [0.1, 0.15) is 33.6 Å². The number of carbonyl (C=O) groups excluding carboxylic acids is 1. The van der Waals surface area contributed by atoms with Crippen LogP contribution in [0, 0.1) is 11.8 Å². The molecule has 0 heterocycles. The largest absolute Gasteiger partial charge is 0.469 e. The zero-order valence-electron chi connectivity index (χ0n) is 12.0. The molecule has 0 aromatic carbocycles. The Hall–Kier alpha value is -0.353. The van der Waals surface area contributed by atoms with Gasteiger partial charge in [0, 0.05) is 6.61 Å². The number of hydrogen-bond donors (Lipinski definition) is 0. The molecule has 0 spiro atoms. The molecule has 0 amide bonds. The van der Waals surface area contributed by atoms with Crippen LogP contribution >= 0.6 is 0 Å². The maximum Gasteiger partial charge on any atom is 0.308 e. The SMILES string of the molecule is COC(=O)[C@H]1C[C@@H]1CCO[Si](C)(C)C(C)(C)C. The van der Waals surface area contributed by atoms with Gasteiger partial charge in [0.05, 0.1) is 13.0 Å². The standard InChI is InChI=1S/C13H26O3Si/c1-13(2,3)17(5,6)16-8-7-10-9-11(10)12(14)15-4/h10-11H,7-9H2,1-6H3/t10-,11-/m0/s1. The van der Waals surface area contributed by atoms with E-state index in [1.807, 2.05) is 0 Å². The van der Waals surface area contributed by atoms with Gasteiger partial charge in [0.25, 0.3) is 0 Å². The fourth-order valence-corrected chi connectivity index (χ4v) is 2.75. The molecule has 4 heteroatoms. The van der Waals surface area contributed by atoms with Crippen LogP contribution in [-0.2, 0) is 14.0 Å².